The van der Waals surface area contributed by atoms with Crippen LogP contribution < -0.4 is 16.0 Å². The van der Waals surface area contributed by atoms with Crippen molar-refractivity contribution in [1.29, 1.82) is 0 Å². The van der Waals surface area contributed by atoms with Gasteiger partial charge in [-0.3, -0.25) is 0 Å². The van der Waals surface area contributed by atoms with Crippen LogP contribution in [0.25, 0.3) is 11.3 Å². The summed E-state index contributed by atoms with van der Waals surface area (Å²) in [4.78, 5) is 13.1. The van der Waals surface area contributed by atoms with E-state index in [1.807, 2.05) is 35.2 Å². The van der Waals surface area contributed by atoms with Gasteiger partial charge in [-0.05, 0) is 30.5 Å². The number of anilines is 2. The van der Waals surface area contributed by atoms with Gasteiger partial charge < -0.3 is 26.2 Å². The third-order valence-corrected chi connectivity index (χ3v) is 6.13. The van der Waals surface area contributed by atoms with Crippen molar-refractivity contribution < 1.29 is 23.8 Å². The average molecular weight is 455 g/mol. The molecular weight excluding hydrogens is 432 g/mol. The van der Waals surface area contributed by atoms with E-state index in [-0.39, 0.29) is 23.6 Å². The standard InChI is InChI=1S/C23H23F2N5O3/c24-15-10-16(20(31)17(25)11-15)18-12-19(21(26)29-28-18)30-8-6-23(7-9-30,13-27-22(32)33)14-4-2-1-3-5-14/h1-5,10-12,27,31H,6-9,13H2,(H2,26,29)(H,32,33). The number of halogens is 2. The molecule has 0 unspecified atom stereocenters. The van der Waals surface area contributed by atoms with E-state index in [0.717, 1.165) is 11.6 Å². The summed E-state index contributed by atoms with van der Waals surface area (Å²) >= 11 is 0. The minimum Gasteiger partial charge on any atom is -0.504 e. The van der Waals surface area contributed by atoms with E-state index in [0.29, 0.717) is 37.7 Å². The number of hydrogen-bond donors (Lipinski definition) is 4. The number of nitrogens with one attached hydrogen (secondary N) is 1. The minimum absolute atomic E-state index is 0.0857. The molecule has 1 aliphatic rings. The number of hydrogen-bond acceptors (Lipinski definition) is 6. The lowest BCUT2D eigenvalue weighted by Crippen LogP contribution is -2.49. The Morgan fingerprint density at radius 3 is 2.48 bits per heavy atom. The Kier molecular flexibility index (Phi) is 5.99. The lowest BCUT2D eigenvalue weighted by molar-refractivity contribution is 0.188. The zero-order chi connectivity index (χ0) is 23.6. The van der Waals surface area contributed by atoms with E-state index in [1.165, 1.54) is 0 Å². The number of nitrogens with two attached hydrogens (primary N) is 1. The molecule has 5 N–H and O–H groups in total. The summed E-state index contributed by atoms with van der Waals surface area (Å²) in [6.45, 7) is 1.34. The van der Waals surface area contributed by atoms with Gasteiger partial charge in [-0.25, -0.2) is 13.6 Å². The average Bonchev–Trinajstić information content (AvgIpc) is 2.81. The summed E-state index contributed by atoms with van der Waals surface area (Å²) < 4.78 is 27.5. The zero-order valence-corrected chi connectivity index (χ0v) is 17.6. The van der Waals surface area contributed by atoms with Gasteiger partial charge in [-0.1, -0.05) is 30.3 Å². The molecule has 0 spiro atoms. The highest BCUT2D eigenvalue weighted by molar-refractivity contribution is 5.74. The van der Waals surface area contributed by atoms with Crippen molar-refractivity contribution in [2.24, 2.45) is 0 Å². The molecular formula is C23H23F2N5O3. The van der Waals surface area contributed by atoms with Gasteiger partial charge in [0.1, 0.15) is 5.82 Å². The Morgan fingerprint density at radius 1 is 1.12 bits per heavy atom. The smallest absolute Gasteiger partial charge is 0.404 e. The molecule has 0 bridgehead atoms. The highest BCUT2D eigenvalue weighted by Gasteiger charge is 2.37. The van der Waals surface area contributed by atoms with Gasteiger partial charge in [0.25, 0.3) is 0 Å². The van der Waals surface area contributed by atoms with Gasteiger partial charge >= 0.3 is 6.09 Å². The molecule has 0 radical (unpaired) electrons. The molecule has 0 aliphatic carbocycles. The number of aromatic hydroxyl groups is 1. The molecule has 4 rings (SSSR count). The molecule has 1 aliphatic heterocycles. The first-order valence-electron chi connectivity index (χ1n) is 10.4. The quantitative estimate of drug-likeness (QED) is 0.464. The fourth-order valence-electron chi connectivity index (χ4n) is 4.32. The third kappa shape index (κ3) is 4.50. The number of amides is 1. The second-order valence-corrected chi connectivity index (χ2v) is 8.08. The topological polar surface area (TPSA) is 125 Å². The van der Waals surface area contributed by atoms with E-state index >= 15 is 0 Å². The van der Waals surface area contributed by atoms with Gasteiger partial charge in [-0.2, -0.15) is 0 Å². The number of phenols is 1. The van der Waals surface area contributed by atoms with Crippen LogP contribution in [0.15, 0.2) is 48.5 Å². The Hall–Kier alpha value is -3.95. The predicted octanol–water partition coefficient (Wildman–Crippen LogP) is 3.52. The molecule has 10 heteroatoms. The maximum Gasteiger partial charge on any atom is 0.404 e. The number of aromatic nitrogens is 2. The number of nitrogens with zero attached hydrogens (tertiary/aromatic N) is 3. The van der Waals surface area contributed by atoms with Gasteiger partial charge in [0.05, 0.1) is 11.4 Å². The molecule has 0 saturated carbocycles. The van der Waals surface area contributed by atoms with Crippen LogP contribution in [-0.2, 0) is 5.41 Å². The van der Waals surface area contributed by atoms with Gasteiger partial charge in [0.2, 0.25) is 0 Å². The molecule has 8 nitrogen and oxygen atoms in total. The summed E-state index contributed by atoms with van der Waals surface area (Å²) in [5.74, 6) is -2.52. The SMILES string of the molecule is Nc1nnc(-c2cc(F)cc(F)c2O)cc1N1CCC(CNC(=O)O)(c2ccccc2)CC1. The second-order valence-electron chi connectivity index (χ2n) is 8.08. The molecule has 3 aromatic rings. The number of benzene rings is 2. The predicted molar refractivity (Wildman–Crippen MR) is 119 cm³/mol. The van der Waals surface area contributed by atoms with Gasteiger partial charge in [0, 0.05) is 36.7 Å². The van der Waals surface area contributed by atoms with Crippen molar-refractivity contribution in [2.45, 2.75) is 18.3 Å². The van der Waals surface area contributed by atoms with Crippen molar-refractivity contribution in [1.82, 2.24) is 15.5 Å². The normalized spacial score (nSPS) is 15.3. The van der Waals surface area contributed by atoms with Crippen molar-refractivity contribution in [3.8, 4) is 17.0 Å². The number of phenolic OH excluding ortho intramolecular Hbond substituents is 1. The minimum atomic E-state index is -1.10. The van der Waals surface area contributed by atoms with Crippen molar-refractivity contribution in [3.63, 3.8) is 0 Å². The van der Waals surface area contributed by atoms with Crippen molar-refractivity contribution in [2.75, 3.05) is 30.3 Å². The zero-order valence-electron chi connectivity index (χ0n) is 17.6. The van der Waals surface area contributed by atoms with Crippen LogP contribution in [0.3, 0.4) is 0 Å². The van der Waals surface area contributed by atoms with Crippen molar-refractivity contribution in [3.05, 3.63) is 65.7 Å². The Morgan fingerprint density at radius 2 is 1.82 bits per heavy atom. The van der Waals surface area contributed by atoms with Crippen LogP contribution in [0.1, 0.15) is 18.4 Å². The summed E-state index contributed by atoms with van der Waals surface area (Å²) in [5.41, 5.74) is 7.20. The Balaban J connectivity index is 1.62. The maximum atomic E-state index is 13.8. The van der Waals surface area contributed by atoms with Crippen LogP contribution in [0, 0.1) is 11.6 Å². The summed E-state index contributed by atoms with van der Waals surface area (Å²) in [6.07, 6.45) is 0.185. The van der Waals surface area contributed by atoms with Gasteiger partial charge in [-0.15, -0.1) is 10.2 Å². The second kappa shape index (κ2) is 8.89. The van der Waals surface area contributed by atoms with E-state index in [9.17, 15) is 18.7 Å². The molecule has 1 saturated heterocycles. The highest BCUT2D eigenvalue weighted by Crippen LogP contribution is 2.39. The van der Waals surface area contributed by atoms with Crippen LogP contribution in [-0.4, -0.2) is 46.1 Å². The summed E-state index contributed by atoms with van der Waals surface area (Å²) in [6, 6.07) is 12.8. The maximum absolute atomic E-state index is 13.8. The van der Waals surface area contributed by atoms with Crippen molar-refractivity contribution >= 4 is 17.6 Å². The fraction of sp³-hybridized carbons (Fsp3) is 0.261. The van der Waals surface area contributed by atoms with Crippen LogP contribution in [0.2, 0.25) is 0 Å². The molecule has 33 heavy (non-hydrogen) atoms. The number of nitrogen functional groups attached to an aromatic ring is 1. The first kappa shape index (κ1) is 22.3. The molecule has 1 fully saturated rings. The number of piperidine rings is 1. The Bertz CT molecular complexity index is 1170. The molecule has 172 valence electrons. The lowest BCUT2D eigenvalue weighted by atomic mass is 9.72. The van der Waals surface area contributed by atoms with Gasteiger partial charge in [0.15, 0.2) is 17.4 Å². The van der Waals surface area contributed by atoms with Crippen LogP contribution in [0.5, 0.6) is 5.75 Å². The van der Waals surface area contributed by atoms with E-state index in [2.05, 4.69) is 15.5 Å². The fourth-order valence-corrected chi connectivity index (χ4v) is 4.32. The van der Waals surface area contributed by atoms with E-state index in [4.69, 9.17) is 10.8 Å². The summed E-state index contributed by atoms with van der Waals surface area (Å²) in [7, 11) is 0. The van der Waals surface area contributed by atoms with Crippen LogP contribution in [0.4, 0.5) is 25.1 Å². The largest absolute Gasteiger partial charge is 0.504 e. The molecule has 1 aromatic heterocycles. The molecule has 1 amide bonds. The first-order chi connectivity index (χ1) is 15.8. The van der Waals surface area contributed by atoms with E-state index in [1.54, 1.807) is 6.07 Å². The molecule has 2 heterocycles. The third-order valence-electron chi connectivity index (χ3n) is 6.13. The lowest BCUT2D eigenvalue weighted by Gasteiger charge is -2.43. The van der Waals surface area contributed by atoms with E-state index < -0.39 is 28.9 Å². The number of rotatable bonds is 5. The number of carbonyl (C=O) groups is 1. The molecule has 2 aromatic carbocycles. The number of carboxylic acid groups (broad SMARTS) is 1. The summed E-state index contributed by atoms with van der Waals surface area (Å²) in [5, 5.41) is 29.5. The molecule has 0 atom stereocenters. The highest BCUT2D eigenvalue weighted by atomic mass is 19.1. The Labute approximate surface area is 188 Å². The van der Waals surface area contributed by atoms with Crippen LogP contribution >= 0.6 is 0 Å². The first-order valence-corrected chi connectivity index (χ1v) is 10.4. The monoisotopic (exact) mass is 455 g/mol.